The van der Waals surface area contributed by atoms with Gasteiger partial charge in [0.25, 0.3) is 0 Å². The average molecular weight is 504 g/mol. The number of aliphatic imine (C=N–C) groups is 1. The minimum Gasteiger partial charge on any atom is -0.497 e. The van der Waals surface area contributed by atoms with Crippen LogP contribution < -0.4 is 20.5 Å². The number of nitrogens with two attached hydrogens (primary N) is 1. The number of nitrogens with zero attached hydrogens (tertiary/aromatic N) is 1. The average Bonchev–Trinajstić information content (AvgIpc) is 2.63. The number of hydrogen-bond donors (Lipinski definition) is 3. The Hall–Kier alpha value is -1.85. The Kier molecular flexibility index (Phi) is 9.53. The van der Waals surface area contributed by atoms with Gasteiger partial charge in [0.15, 0.2) is 5.96 Å². The van der Waals surface area contributed by atoms with Crippen molar-refractivity contribution in [2.24, 2.45) is 10.1 Å². The molecule has 27 heavy (non-hydrogen) atoms. The van der Waals surface area contributed by atoms with Gasteiger partial charge >= 0.3 is 0 Å². The summed E-state index contributed by atoms with van der Waals surface area (Å²) in [4.78, 5) is 4.57. The maximum absolute atomic E-state index is 11.4. The lowest BCUT2D eigenvalue weighted by Crippen LogP contribution is -2.36. The van der Waals surface area contributed by atoms with E-state index in [2.05, 4.69) is 15.6 Å². The van der Waals surface area contributed by atoms with Crippen LogP contribution in [0.25, 0.3) is 0 Å². The van der Waals surface area contributed by atoms with Gasteiger partial charge in [-0.15, -0.1) is 24.0 Å². The standard InChI is InChI=1S/C18H24N4O3S.HI/c1-3-20-18(21-12-14-6-4-8-16(10-14)25-2)22-13-15-7-5-9-17(11-15)26(19,23)24;/h4-11H,3,12-13H2,1-2H3,(H2,19,23,24)(H2,20,21,22);1H. The predicted molar refractivity (Wildman–Crippen MR) is 118 cm³/mol. The van der Waals surface area contributed by atoms with E-state index in [1.807, 2.05) is 37.3 Å². The molecule has 0 aliphatic carbocycles. The minimum absolute atomic E-state index is 0. The highest BCUT2D eigenvalue weighted by atomic mass is 127. The number of nitrogens with one attached hydrogen (secondary N) is 2. The minimum atomic E-state index is -3.72. The number of sulfonamides is 1. The molecule has 4 N–H and O–H groups in total. The van der Waals surface area contributed by atoms with Crippen molar-refractivity contribution in [3.05, 3.63) is 59.7 Å². The molecule has 9 heteroatoms. The van der Waals surface area contributed by atoms with Gasteiger partial charge in [0.05, 0.1) is 18.6 Å². The molecule has 0 aromatic heterocycles. The van der Waals surface area contributed by atoms with E-state index < -0.39 is 10.0 Å². The summed E-state index contributed by atoms with van der Waals surface area (Å²) in [5.41, 5.74) is 1.82. The molecule has 0 radical (unpaired) electrons. The number of guanidine groups is 1. The first-order valence-electron chi connectivity index (χ1n) is 8.19. The molecule has 2 rings (SSSR count). The Balaban J connectivity index is 0.00000364. The van der Waals surface area contributed by atoms with E-state index in [0.717, 1.165) is 16.9 Å². The first-order chi connectivity index (χ1) is 12.4. The topological polar surface area (TPSA) is 106 Å². The number of benzene rings is 2. The SMILES string of the molecule is CCNC(=NCc1cccc(S(N)(=O)=O)c1)NCc1cccc(OC)c1.I. The molecule has 0 atom stereocenters. The summed E-state index contributed by atoms with van der Waals surface area (Å²) in [6, 6.07) is 14.2. The second kappa shape index (κ2) is 11.1. The highest BCUT2D eigenvalue weighted by molar-refractivity contribution is 14.0. The van der Waals surface area contributed by atoms with Crippen LogP contribution in [-0.4, -0.2) is 28.0 Å². The van der Waals surface area contributed by atoms with E-state index in [4.69, 9.17) is 9.88 Å². The van der Waals surface area contributed by atoms with Crippen molar-refractivity contribution < 1.29 is 13.2 Å². The lowest BCUT2D eigenvalue weighted by Gasteiger charge is -2.12. The van der Waals surface area contributed by atoms with Crippen LogP contribution in [0.5, 0.6) is 5.75 Å². The molecule has 0 saturated heterocycles. The van der Waals surface area contributed by atoms with Gasteiger partial charge in [0.1, 0.15) is 5.75 Å². The fourth-order valence-electron chi connectivity index (χ4n) is 2.30. The molecule has 0 aliphatic heterocycles. The van der Waals surface area contributed by atoms with Crippen LogP contribution in [0.15, 0.2) is 58.4 Å². The lowest BCUT2D eigenvalue weighted by atomic mass is 10.2. The van der Waals surface area contributed by atoms with Crippen LogP contribution in [0.3, 0.4) is 0 Å². The Morgan fingerprint density at radius 1 is 1.11 bits per heavy atom. The van der Waals surface area contributed by atoms with Gasteiger partial charge in [-0.1, -0.05) is 24.3 Å². The number of ether oxygens (including phenoxy) is 1. The van der Waals surface area contributed by atoms with E-state index >= 15 is 0 Å². The third-order valence-corrected chi connectivity index (χ3v) is 4.50. The third kappa shape index (κ3) is 7.73. The Bertz CT molecular complexity index is 872. The van der Waals surface area contributed by atoms with Crippen LogP contribution in [0.4, 0.5) is 0 Å². The van der Waals surface area contributed by atoms with Crippen molar-refractivity contribution in [1.29, 1.82) is 0 Å². The molecule has 0 fully saturated rings. The summed E-state index contributed by atoms with van der Waals surface area (Å²) < 4.78 is 28.1. The number of rotatable bonds is 7. The fraction of sp³-hybridized carbons (Fsp3) is 0.278. The Morgan fingerprint density at radius 2 is 1.81 bits per heavy atom. The smallest absolute Gasteiger partial charge is 0.238 e. The summed E-state index contributed by atoms with van der Waals surface area (Å²) in [6.07, 6.45) is 0. The first kappa shape index (κ1) is 23.2. The molecular formula is C18H25IN4O3S. The van der Waals surface area contributed by atoms with Crippen LogP contribution in [-0.2, 0) is 23.1 Å². The van der Waals surface area contributed by atoms with E-state index in [9.17, 15) is 8.42 Å². The molecule has 0 unspecified atom stereocenters. The van der Waals surface area contributed by atoms with E-state index in [0.29, 0.717) is 25.6 Å². The largest absolute Gasteiger partial charge is 0.497 e. The van der Waals surface area contributed by atoms with Gasteiger partial charge < -0.3 is 15.4 Å². The monoisotopic (exact) mass is 504 g/mol. The molecule has 148 valence electrons. The van der Waals surface area contributed by atoms with Crippen LogP contribution in [0.2, 0.25) is 0 Å². The summed E-state index contributed by atoms with van der Waals surface area (Å²) in [7, 11) is -2.09. The molecule has 0 amide bonds. The Labute approximate surface area is 177 Å². The molecule has 0 saturated carbocycles. The summed E-state index contributed by atoms with van der Waals surface area (Å²) >= 11 is 0. The zero-order chi connectivity index (χ0) is 19.0. The van der Waals surface area contributed by atoms with Crippen molar-refractivity contribution in [2.45, 2.75) is 24.9 Å². The van der Waals surface area contributed by atoms with Crippen molar-refractivity contribution in [1.82, 2.24) is 10.6 Å². The number of halogens is 1. The van der Waals surface area contributed by atoms with Gasteiger partial charge in [-0.2, -0.15) is 0 Å². The summed E-state index contributed by atoms with van der Waals surface area (Å²) in [5, 5.41) is 11.6. The van der Waals surface area contributed by atoms with Gasteiger partial charge in [0, 0.05) is 13.1 Å². The highest BCUT2D eigenvalue weighted by Crippen LogP contribution is 2.12. The van der Waals surface area contributed by atoms with Crippen LogP contribution in [0.1, 0.15) is 18.1 Å². The van der Waals surface area contributed by atoms with E-state index in [1.165, 1.54) is 12.1 Å². The fourth-order valence-corrected chi connectivity index (χ4v) is 2.89. The summed E-state index contributed by atoms with van der Waals surface area (Å²) in [6.45, 7) is 3.60. The molecule has 0 heterocycles. The molecule has 2 aromatic carbocycles. The summed E-state index contributed by atoms with van der Waals surface area (Å²) in [5.74, 6) is 1.43. The molecule has 0 bridgehead atoms. The van der Waals surface area contributed by atoms with E-state index in [-0.39, 0.29) is 28.9 Å². The van der Waals surface area contributed by atoms with Crippen LogP contribution >= 0.6 is 24.0 Å². The van der Waals surface area contributed by atoms with Gasteiger partial charge in [-0.05, 0) is 42.3 Å². The second-order valence-electron chi connectivity index (χ2n) is 5.59. The van der Waals surface area contributed by atoms with Crippen molar-refractivity contribution >= 4 is 40.0 Å². The predicted octanol–water partition coefficient (Wildman–Crippen LogP) is 2.22. The zero-order valence-electron chi connectivity index (χ0n) is 15.3. The van der Waals surface area contributed by atoms with Crippen molar-refractivity contribution in [2.75, 3.05) is 13.7 Å². The molecule has 0 spiro atoms. The molecule has 7 nitrogen and oxygen atoms in total. The van der Waals surface area contributed by atoms with Crippen LogP contribution in [0, 0.1) is 0 Å². The van der Waals surface area contributed by atoms with Gasteiger partial charge in [-0.25, -0.2) is 18.5 Å². The number of methoxy groups -OCH3 is 1. The highest BCUT2D eigenvalue weighted by Gasteiger charge is 2.08. The van der Waals surface area contributed by atoms with Gasteiger partial charge in [-0.3, -0.25) is 0 Å². The van der Waals surface area contributed by atoms with Gasteiger partial charge in [0.2, 0.25) is 10.0 Å². The quantitative estimate of drug-likeness (QED) is 0.305. The Morgan fingerprint density at radius 3 is 2.48 bits per heavy atom. The second-order valence-corrected chi connectivity index (χ2v) is 7.15. The van der Waals surface area contributed by atoms with E-state index in [1.54, 1.807) is 13.2 Å². The normalized spacial score (nSPS) is 11.4. The molecule has 2 aromatic rings. The maximum atomic E-state index is 11.4. The number of hydrogen-bond acceptors (Lipinski definition) is 4. The zero-order valence-corrected chi connectivity index (χ0v) is 18.5. The third-order valence-electron chi connectivity index (χ3n) is 3.59. The first-order valence-corrected chi connectivity index (χ1v) is 9.74. The molecule has 0 aliphatic rings. The maximum Gasteiger partial charge on any atom is 0.238 e. The van der Waals surface area contributed by atoms with Crippen molar-refractivity contribution in [3.63, 3.8) is 0 Å². The lowest BCUT2D eigenvalue weighted by molar-refractivity contribution is 0.414. The molecular weight excluding hydrogens is 479 g/mol. The number of primary sulfonamides is 1. The van der Waals surface area contributed by atoms with Crippen molar-refractivity contribution in [3.8, 4) is 5.75 Å².